The Morgan fingerprint density at radius 2 is 1.27 bits per heavy atom. The molecule has 0 radical (unpaired) electrons. The molecular formula is C11H16O4. The zero-order chi connectivity index (χ0) is 11.1. The third-order valence-electron chi connectivity index (χ3n) is 3.74. The predicted octanol–water partition coefficient (Wildman–Crippen LogP) is 1.28. The highest BCUT2D eigenvalue weighted by molar-refractivity contribution is 5.73. The van der Waals surface area contributed by atoms with E-state index >= 15 is 0 Å². The first-order valence-electron chi connectivity index (χ1n) is 5.17. The van der Waals surface area contributed by atoms with Crippen molar-refractivity contribution in [1.82, 2.24) is 0 Å². The lowest BCUT2D eigenvalue weighted by molar-refractivity contribution is -0.219. The third-order valence-corrected chi connectivity index (χ3v) is 3.74. The number of hydrogen-bond acceptors (Lipinski definition) is 4. The molecule has 0 aromatic carbocycles. The molecule has 3 aliphatic carbocycles. The first-order chi connectivity index (χ1) is 7.03. The van der Waals surface area contributed by atoms with Gasteiger partial charge in [-0.1, -0.05) is 0 Å². The van der Waals surface area contributed by atoms with E-state index in [1.807, 2.05) is 0 Å². The highest BCUT2D eigenvalue weighted by atomic mass is 16.5. The zero-order valence-corrected chi connectivity index (χ0v) is 9.17. The molecule has 0 aliphatic heterocycles. The van der Waals surface area contributed by atoms with Gasteiger partial charge in [0.1, 0.15) is 0 Å². The van der Waals surface area contributed by atoms with Crippen LogP contribution < -0.4 is 0 Å². The molecule has 0 aromatic rings. The second-order valence-corrected chi connectivity index (χ2v) is 5.04. The van der Waals surface area contributed by atoms with Gasteiger partial charge in [0.25, 0.3) is 0 Å². The van der Waals surface area contributed by atoms with Gasteiger partial charge >= 0.3 is 11.9 Å². The van der Waals surface area contributed by atoms with Gasteiger partial charge < -0.3 is 9.47 Å². The molecule has 4 nitrogen and oxygen atoms in total. The van der Waals surface area contributed by atoms with Crippen LogP contribution in [-0.2, 0) is 19.1 Å². The fourth-order valence-electron chi connectivity index (χ4n) is 3.36. The molecule has 3 fully saturated rings. The standard InChI is InChI=1S/C11H16O4/c1-14-8(12)3-10-5-11(6-10,7-10)4-9(13)15-2/h3-7H2,1-2H3. The largest absolute Gasteiger partial charge is 0.469 e. The summed E-state index contributed by atoms with van der Waals surface area (Å²) in [7, 11) is 2.83. The molecule has 3 saturated carbocycles. The van der Waals surface area contributed by atoms with E-state index in [4.69, 9.17) is 0 Å². The fraction of sp³-hybridized carbons (Fsp3) is 0.818. The van der Waals surface area contributed by atoms with Gasteiger partial charge in [0, 0.05) is 0 Å². The molecule has 4 heteroatoms. The summed E-state index contributed by atoms with van der Waals surface area (Å²) in [6.07, 6.45) is 3.94. The summed E-state index contributed by atoms with van der Waals surface area (Å²) in [5.41, 5.74) is 0.308. The Kier molecular flexibility index (Phi) is 2.24. The van der Waals surface area contributed by atoms with Gasteiger partial charge in [-0.25, -0.2) is 0 Å². The Balaban J connectivity index is 1.80. The lowest BCUT2D eigenvalue weighted by atomic mass is 9.33. The molecule has 3 rings (SSSR count). The average molecular weight is 212 g/mol. The van der Waals surface area contributed by atoms with Gasteiger partial charge in [-0.2, -0.15) is 0 Å². The summed E-state index contributed by atoms with van der Waals surface area (Å²) in [5.74, 6) is -0.275. The van der Waals surface area contributed by atoms with Crippen LogP contribution in [0.2, 0.25) is 0 Å². The van der Waals surface area contributed by atoms with Gasteiger partial charge in [-0.05, 0) is 30.1 Å². The molecule has 0 spiro atoms. The third kappa shape index (κ3) is 1.62. The van der Waals surface area contributed by atoms with Crippen molar-refractivity contribution in [1.29, 1.82) is 0 Å². The highest BCUT2D eigenvalue weighted by Crippen LogP contribution is 2.76. The Morgan fingerprint density at radius 1 is 0.933 bits per heavy atom. The zero-order valence-electron chi connectivity index (χ0n) is 9.17. The molecule has 3 aliphatic rings. The molecule has 0 N–H and O–H groups in total. The SMILES string of the molecule is COC(=O)CC12CC(CC(=O)OC)(C1)C2. The Labute approximate surface area is 88.9 Å². The van der Waals surface area contributed by atoms with Crippen LogP contribution >= 0.6 is 0 Å². The van der Waals surface area contributed by atoms with Crippen molar-refractivity contribution in [3.63, 3.8) is 0 Å². The van der Waals surface area contributed by atoms with Crippen LogP contribution in [0.4, 0.5) is 0 Å². The van der Waals surface area contributed by atoms with Gasteiger partial charge in [-0.15, -0.1) is 0 Å². The lowest BCUT2D eigenvalue weighted by Crippen LogP contribution is -2.62. The fourth-order valence-corrected chi connectivity index (χ4v) is 3.36. The molecule has 2 bridgehead atoms. The molecule has 0 heterocycles. The number of rotatable bonds is 4. The van der Waals surface area contributed by atoms with Crippen molar-refractivity contribution >= 4 is 11.9 Å². The smallest absolute Gasteiger partial charge is 0.306 e. The molecule has 0 amide bonds. The number of ether oxygens (including phenoxy) is 2. The minimum Gasteiger partial charge on any atom is -0.469 e. The van der Waals surface area contributed by atoms with E-state index in [-0.39, 0.29) is 22.8 Å². The van der Waals surface area contributed by atoms with E-state index in [1.165, 1.54) is 14.2 Å². The molecule has 15 heavy (non-hydrogen) atoms. The Hall–Kier alpha value is -1.06. The summed E-state index contributed by atoms with van der Waals surface area (Å²) in [6, 6.07) is 0. The van der Waals surface area contributed by atoms with E-state index in [9.17, 15) is 9.59 Å². The number of carbonyl (C=O) groups excluding carboxylic acids is 2. The van der Waals surface area contributed by atoms with Crippen LogP contribution in [0.5, 0.6) is 0 Å². The van der Waals surface area contributed by atoms with Crippen LogP contribution in [0.3, 0.4) is 0 Å². The van der Waals surface area contributed by atoms with E-state index in [0.29, 0.717) is 12.8 Å². The molecule has 0 aromatic heterocycles. The van der Waals surface area contributed by atoms with E-state index < -0.39 is 0 Å². The normalized spacial score (nSPS) is 36.1. The van der Waals surface area contributed by atoms with Crippen molar-refractivity contribution in [2.45, 2.75) is 32.1 Å². The van der Waals surface area contributed by atoms with Crippen molar-refractivity contribution in [3.8, 4) is 0 Å². The van der Waals surface area contributed by atoms with E-state index in [2.05, 4.69) is 9.47 Å². The highest BCUT2D eigenvalue weighted by Gasteiger charge is 2.68. The van der Waals surface area contributed by atoms with Gasteiger partial charge in [0.2, 0.25) is 0 Å². The van der Waals surface area contributed by atoms with Gasteiger partial charge in [-0.3, -0.25) is 9.59 Å². The van der Waals surface area contributed by atoms with Crippen LogP contribution in [0.1, 0.15) is 32.1 Å². The minimum atomic E-state index is -0.138. The van der Waals surface area contributed by atoms with Crippen LogP contribution in [0.25, 0.3) is 0 Å². The molecular weight excluding hydrogens is 196 g/mol. The van der Waals surface area contributed by atoms with E-state index in [1.54, 1.807) is 0 Å². The van der Waals surface area contributed by atoms with Crippen LogP contribution in [0.15, 0.2) is 0 Å². The number of esters is 2. The van der Waals surface area contributed by atoms with E-state index in [0.717, 1.165) is 19.3 Å². The molecule has 0 atom stereocenters. The topological polar surface area (TPSA) is 52.6 Å². The Morgan fingerprint density at radius 3 is 1.53 bits per heavy atom. The lowest BCUT2D eigenvalue weighted by Gasteiger charge is -2.70. The predicted molar refractivity (Wildman–Crippen MR) is 52.0 cm³/mol. The minimum absolute atomic E-state index is 0.138. The van der Waals surface area contributed by atoms with Gasteiger partial charge in [0.05, 0.1) is 27.1 Å². The summed E-state index contributed by atoms with van der Waals surface area (Å²) >= 11 is 0. The second-order valence-electron chi connectivity index (χ2n) is 5.04. The van der Waals surface area contributed by atoms with Crippen molar-refractivity contribution < 1.29 is 19.1 Å². The van der Waals surface area contributed by atoms with Crippen LogP contribution in [-0.4, -0.2) is 26.2 Å². The maximum Gasteiger partial charge on any atom is 0.306 e. The number of methoxy groups -OCH3 is 2. The van der Waals surface area contributed by atoms with Crippen molar-refractivity contribution in [2.75, 3.05) is 14.2 Å². The molecule has 0 unspecified atom stereocenters. The van der Waals surface area contributed by atoms with Crippen LogP contribution in [0, 0.1) is 10.8 Å². The number of hydrogen-bond donors (Lipinski definition) is 0. The molecule has 0 saturated heterocycles. The summed E-state index contributed by atoms with van der Waals surface area (Å²) in [4.78, 5) is 22.2. The average Bonchev–Trinajstić information content (AvgIpc) is 2.11. The first kappa shape index (κ1) is 10.5. The maximum atomic E-state index is 11.1. The Bertz CT molecular complexity index is 260. The monoisotopic (exact) mass is 212 g/mol. The summed E-state index contributed by atoms with van der Waals surface area (Å²) in [5, 5.41) is 0. The first-order valence-corrected chi connectivity index (χ1v) is 5.17. The second kappa shape index (κ2) is 3.22. The quantitative estimate of drug-likeness (QED) is 0.659. The summed E-state index contributed by atoms with van der Waals surface area (Å²) < 4.78 is 9.30. The number of carbonyl (C=O) groups is 2. The molecule has 84 valence electrons. The van der Waals surface area contributed by atoms with Gasteiger partial charge in [0.15, 0.2) is 0 Å². The van der Waals surface area contributed by atoms with Crippen molar-refractivity contribution in [2.24, 2.45) is 10.8 Å². The summed E-state index contributed by atoms with van der Waals surface area (Å²) in [6.45, 7) is 0. The van der Waals surface area contributed by atoms with Crippen molar-refractivity contribution in [3.05, 3.63) is 0 Å². The maximum absolute atomic E-state index is 11.1.